The molecule has 122 valence electrons. The summed E-state index contributed by atoms with van der Waals surface area (Å²) in [6.07, 6.45) is 6.65. The highest BCUT2D eigenvalue weighted by molar-refractivity contribution is 7.88. The van der Waals surface area contributed by atoms with Gasteiger partial charge in [0.05, 0.1) is 12.2 Å². The first-order chi connectivity index (χ1) is 9.86. The molecule has 7 heteroatoms. The molecule has 2 N–H and O–H groups in total. The molecule has 2 fully saturated rings. The zero-order valence-electron chi connectivity index (χ0n) is 12.6. The van der Waals surface area contributed by atoms with Crippen LogP contribution in [0.4, 0.5) is 0 Å². The summed E-state index contributed by atoms with van der Waals surface area (Å²) in [5, 5.41) is 12.6. The van der Waals surface area contributed by atoms with Crippen molar-refractivity contribution in [3.63, 3.8) is 0 Å². The van der Waals surface area contributed by atoms with Crippen molar-refractivity contribution in [1.29, 1.82) is 0 Å². The van der Waals surface area contributed by atoms with Gasteiger partial charge in [0.2, 0.25) is 10.0 Å². The predicted molar refractivity (Wildman–Crippen MR) is 80.5 cm³/mol. The zero-order valence-corrected chi connectivity index (χ0v) is 13.4. The van der Waals surface area contributed by atoms with Crippen LogP contribution in [0.15, 0.2) is 0 Å². The quantitative estimate of drug-likeness (QED) is 0.786. The molecule has 3 atom stereocenters. The summed E-state index contributed by atoms with van der Waals surface area (Å²) in [5.41, 5.74) is 0. The van der Waals surface area contributed by atoms with E-state index in [0.717, 1.165) is 38.6 Å². The van der Waals surface area contributed by atoms with E-state index in [-0.39, 0.29) is 12.0 Å². The number of carbonyl (C=O) groups is 1. The summed E-state index contributed by atoms with van der Waals surface area (Å²) in [6, 6.07) is 0.258. The minimum absolute atomic E-state index is 0.227. The molecule has 0 spiro atoms. The monoisotopic (exact) mass is 318 g/mol. The maximum Gasteiger partial charge on any atom is 0.306 e. The molecule has 1 heterocycles. The molecule has 1 saturated carbocycles. The van der Waals surface area contributed by atoms with Gasteiger partial charge in [-0.15, -0.1) is 0 Å². The Labute approximate surface area is 126 Å². The zero-order chi connectivity index (χ0) is 15.5. The topological polar surface area (TPSA) is 86.7 Å². The Balaban J connectivity index is 1.78. The predicted octanol–water partition coefficient (Wildman–Crippen LogP) is 0.891. The normalized spacial score (nSPS) is 32.0. The van der Waals surface area contributed by atoms with Crippen molar-refractivity contribution in [2.75, 3.05) is 25.9 Å². The smallest absolute Gasteiger partial charge is 0.306 e. The number of hydrogen-bond acceptors (Lipinski definition) is 4. The molecule has 0 aromatic rings. The Hall–Kier alpha value is -0.660. The van der Waals surface area contributed by atoms with Crippen LogP contribution < -0.4 is 5.32 Å². The van der Waals surface area contributed by atoms with Crippen molar-refractivity contribution in [3.05, 3.63) is 0 Å². The first kappa shape index (κ1) is 16.7. The Kier molecular flexibility index (Phi) is 5.62. The lowest BCUT2D eigenvalue weighted by Crippen LogP contribution is -2.45. The molecule has 1 aliphatic carbocycles. The molecular formula is C14H26N2O4S. The van der Waals surface area contributed by atoms with Crippen LogP contribution in [-0.4, -0.2) is 55.7 Å². The molecule has 1 saturated heterocycles. The van der Waals surface area contributed by atoms with E-state index in [1.54, 1.807) is 4.31 Å². The molecule has 0 aromatic heterocycles. The van der Waals surface area contributed by atoms with Gasteiger partial charge in [0.25, 0.3) is 0 Å². The van der Waals surface area contributed by atoms with Gasteiger partial charge >= 0.3 is 5.97 Å². The second-order valence-electron chi connectivity index (χ2n) is 6.44. The first-order valence-corrected chi connectivity index (χ1v) is 9.62. The number of sulfonamides is 1. The lowest BCUT2D eigenvalue weighted by Gasteiger charge is -2.33. The third-order valence-corrected chi connectivity index (χ3v) is 5.94. The van der Waals surface area contributed by atoms with Crippen LogP contribution in [0.3, 0.4) is 0 Å². The van der Waals surface area contributed by atoms with Crippen molar-refractivity contribution in [3.8, 4) is 0 Å². The number of carboxylic acid groups (broad SMARTS) is 1. The molecule has 0 radical (unpaired) electrons. The van der Waals surface area contributed by atoms with Crippen LogP contribution in [0.25, 0.3) is 0 Å². The van der Waals surface area contributed by atoms with E-state index in [1.807, 2.05) is 0 Å². The molecule has 1 aliphatic heterocycles. The maximum atomic E-state index is 11.6. The van der Waals surface area contributed by atoms with E-state index in [4.69, 9.17) is 5.11 Å². The summed E-state index contributed by atoms with van der Waals surface area (Å²) >= 11 is 0. The van der Waals surface area contributed by atoms with Gasteiger partial charge in [-0.2, -0.15) is 0 Å². The van der Waals surface area contributed by atoms with Crippen molar-refractivity contribution in [2.45, 2.75) is 44.6 Å². The third kappa shape index (κ3) is 4.93. The highest BCUT2D eigenvalue weighted by atomic mass is 32.2. The molecule has 0 amide bonds. The van der Waals surface area contributed by atoms with Gasteiger partial charge in [-0.3, -0.25) is 4.79 Å². The van der Waals surface area contributed by atoms with E-state index in [2.05, 4.69) is 5.32 Å². The number of rotatable bonds is 5. The van der Waals surface area contributed by atoms with Gasteiger partial charge in [0.1, 0.15) is 0 Å². The largest absolute Gasteiger partial charge is 0.481 e. The van der Waals surface area contributed by atoms with E-state index < -0.39 is 16.0 Å². The van der Waals surface area contributed by atoms with Crippen LogP contribution in [0, 0.1) is 11.8 Å². The fraction of sp³-hybridized carbons (Fsp3) is 0.929. The van der Waals surface area contributed by atoms with Gasteiger partial charge in [0, 0.05) is 19.1 Å². The van der Waals surface area contributed by atoms with Crippen molar-refractivity contribution in [2.24, 2.45) is 11.8 Å². The third-order valence-electron chi connectivity index (χ3n) is 4.67. The first-order valence-electron chi connectivity index (χ1n) is 7.77. The number of aliphatic carboxylic acids is 1. The number of carboxylic acids is 1. The number of hydrogen-bond donors (Lipinski definition) is 2. The van der Waals surface area contributed by atoms with Crippen LogP contribution in [0.5, 0.6) is 0 Å². The molecule has 3 unspecified atom stereocenters. The molecular weight excluding hydrogens is 292 g/mol. The highest BCUT2D eigenvalue weighted by Gasteiger charge is 2.29. The van der Waals surface area contributed by atoms with Gasteiger partial charge in [0.15, 0.2) is 0 Å². The van der Waals surface area contributed by atoms with Crippen LogP contribution >= 0.6 is 0 Å². The standard InChI is InChI=1S/C14H26N2O4S/c1-21(19,20)16-7-3-4-11(10-16)9-15-13-6-2-5-12(8-13)14(17)18/h11-13,15H,2-10H2,1H3,(H,17,18). The van der Waals surface area contributed by atoms with Gasteiger partial charge in [-0.1, -0.05) is 6.42 Å². The summed E-state index contributed by atoms with van der Waals surface area (Å²) in [5.74, 6) is -0.587. The van der Waals surface area contributed by atoms with Gasteiger partial charge in [-0.25, -0.2) is 12.7 Å². The lowest BCUT2D eigenvalue weighted by atomic mass is 9.85. The SMILES string of the molecule is CS(=O)(=O)N1CCCC(CNC2CCCC(C(=O)O)C2)C1. The van der Waals surface area contributed by atoms with E-state index >= 15 is 0 Å². The molecule has 2 rings (SSSR count). The van der Waals surface area contributed by atoms with Crippen molar-refractivity contribution < 1.29 is 18.3 Å². The minimum atomic E-state index is -3.09. The summed E-state index contributed by atoms with van der Waals surface area (Å²) in [7, 11) is -3.09. The Morgan fingerprint density at radius 1 is 1.29 bits per heavy atom. The Bertz CT molecular complexity index is 466. The lowest BCUT2D eigenvalue weighted by molar-refractivity contribution is -0.143. The van der Waals surface area contributed by atoms with E-state index in [9.17, 15) is 13.2 Å². The number of nitrogens with one attached hydrogen (secondary N) is 1. The second kappa shape index (κ2) is 7.07. The number of nitrogens with zero attached hydrogens (tertiary/aromatic N) is 1. The molecule has 6 nitrogen and oxygen atoms in total. The molecule has 0 bridgehead atoms. The fourth-order valence-corrected chi connectivity index (χ4v) is 4.37. The summed E-state index contributed by atoms with van der Waals surface area (Å²) in [6.45, 7) is 1.99. The molecule has 0 aromatic carbocycles. The average molecular weight is 318 g/mol. The van der Waals surface area contributed by atoms with E-state index in [0.29, 0.717) is 25.4 Å². The Morgan fingerprint density at radius 3 is 2.71 bits per heavy atom. The van der Waals surface area contributed by atoms with Gasteiger partial charge < -0.3 is 10.4 Å². The van der Waals surface area contributed by atoms with Crippen molar-refractivity contribution >= 4 is 16.0 Å². The fourth-order valence-electron chi connectivity index (χ4n) is 3.43. The van der Waals surface area contributed by atoms with Crippen molar-refractivity contribution in [1.82, 2.24) is 9.62 Å². The average Bonchev–Trinajstić information content (AvgIpc) is 2.45. The Morgan fingerprint density at radius 2 is 2.05 bits per heavy atom. The highest BCUT2D eigenvalue weighted by Crippen LogP contribution is 2.25. The maximum absolute atomic E-state index is 11.6. The van der Waals surface area contributed by atoms with Crippen LogP contribution in [0.1, 0.15) is 38.5 Å². The van der Waals surface area contributed by atoms with Crippen LogP contribution in [0.2, 0.25) is 0 Å². The summed E-state index contributed by atoms with van der Waals surface area (Å²) in [4.78, 5) is 11.1. The minimum Gasteiger partial charge on any atom is -0.481 e. The second-order valence-corrected chi connectivity index (χ2v) is 8.42. The molecule has 21 heavy (non-hydrogen) atoms. The summed E-state index contributed by atoms with van der Waals surface area (Å²) < 4.78 is 24.8. The number of piperidine rings is 1. The van der Waals surface area contributed by atoms with Crippen LogP contribution in [-0.2, 0) is 14.8 Å². The molecule has 2 aliphatic rings. The van der Waals surface area contributed by atoms with Gasteiger partial charge in [-0.05, 0) is 44.6 Å². The van der Waals surface area contributed by atoms with E-state index in [1.165, 1.54) is 6.26 Å².